The van der Waals surface area contributed by atoms with Crippen LogP contribution in [0.3, 0.4) is 0 Å². The first-order valence-electron chi connectivity index (χ1n) is 14.0. The molecule has 6 heterocycles. The number of aromatic nitrogens is 3. The van der Waals surface area contributed by atoms with Gasteiger partial charge >= 0.3 is 6.03 Å². The van der Waals surface area contributed by atoms with E-state index in [-0.39, 0.29) is 6.03 Å². The van der Waals surface area contributed by atoms with Crippen LogP contribution in [0.1, 0.15) is 10.4 Å². The van der Waals surface area contributed by atoms with E-state index in [1.807, 2.05) is 22.1 Å². The standard InChI is InChI=1S/C29H34N8O2S/c1-34-9-11-35(12-10-34)22-4-2-3-21(18-22)31-28-32-26(23-5-7-30-27(23)33-28)25-17-20-19-37(8-6-24(20)40-25)29(38)36-13-15-39-16-14-36/h2-5,7,17-18H,6,8-16,19H2,1H3,(H2,30,31,32,33). The molecule has 2 amide bonds. The number of piperazine rings is 1. The second kappa shape index (κ2) is 10.7. The highest BCUT2D eigenvalue weighted by Crippen LogP contribution is 2.37. The number of amides is 2. The van der Waals surface area contributed by atoms with Gasteiger partial charge in [-0.15, -0.1) is 11.3 Å². The molecule has 2 N–H and O–H groups in total. The molecule has 0 aliphatic carbocycles. The lowest BCUT2D eigenvalue weighted by molar-refractivity contribution is 0.0422. The number of hydrogen-bond acceptors (Lipinski definition) is 8. The van der Waals surface area contributed by atoms with E-state index < -0.39 is 0 Å². The van der Waals surface area contributed by atoms with Crippen LogP contribution in [0.4, 0.5) is 22.1 Å². The fraction of sp³-hybridized carbons (Fsp3) is 0.414. The summed E-state index contributed by atoms with van der Waals surface area (Å²) in [6, 6.07) is 12.9. The molecule has 10 nitrogen and oxygen atoms in total. The average molecular weight is 559 g/mol. The maximum atomic E-state index is 13.1. The van der Waals surface area contributed by atoms with Gasteiger partial charge in [0.2, 0.25) is 5.95 Å². The third-order valence-electron chi connectivity index (χ3n) is 8.04. The lowest BCUT2D eigenvalue weighted by atomic mass is 10.1. The molecular weight excluding hydrogens is 524 g/mol. The number of thiophene rings is 1. The normalized spacial score (nSPS) is 18.3. The predicted molar refractivity (Wildman–Crippen MR) is 159 cm³/mol. The Bertz CT molecular complexity index is 1520. The number of aromatic amines is 1. The fourth-order valence-corrected chi connectivity index (χ4v) is 6.89. The van der Waals surface area contributed by atoms with Gasteiger partial charge in [0, 0.05) is 80.2 Å². The molecule has 208 valence electrons. The molecule has 4 aromatic rings. The number of ether oxygens (including phenoxy) is 1. The predicted octanol–water partition coefficient (Wildman–Crippen LogP) is 3.99. The van der Waals surface area contributed by atoms with Gasteiger partial charge in [-0.05, 0) is 49.4 Å². The van der Waals surface area contributed by atoms with Gasteiger partial charge in [0.25, 0.3) is 0 Å². The van der Waals surface area contributed by atoms with E-state index >= 15 is 0 Å². The number of carbonyl (C=O) groups is 1. The zero-order chi connectivity index (χ0) is 27.1. The molecule has 3 aromatic heterocycles. The number of rotatable bonds is 4. The van der Waals surface area contributed by atoms with E-state index in [1.165, 1.54) is 16.1 Å². The molecule has 0 bridgehead atoms. The van der Waals surface area contributed by atoms with Gasteiger partial charge in [0.1, 0.15) is 5.65 Å². The smallest absolute Gasteiger partial charge is 0.320 e. The average Bonchev–Trinajstić information content (AvgIpc) is 3.64. The highest BCUT2D eigenvalue weighted by molar-refractivity contribution is 7.15. The largest absolute Gasteiger partial charge is 0.378 e. The molecular formula is C29H34N8O2S. The molecule has 0 atom stereocenters. The number of carbonyl (C=O) groups excluding carboxylic acids is 1. The van der Waals surface area contributed by atoms with Crippen LogP contribution in [0.15, 0.2) is 42.6 Å². The zero-order valence-corrected chi connectivity index (χ0v) is 23.5. The van der Waals surface area contributed by atoms with E-state index in [2.05, 4.69) is 57.5 Å². The highest BCUT2D eigenvalue weighted by Gasteiger charge is 2.28. The highest BCUT2D eigenvalue weighted by atomic mass is 32.1. The minimum atomic E-state index is 0.113. The van der Waals surface area contributed by atoms with Crippen molar-refractivity contribution in [1.82, 2.24) is 29.7 Å². The van der Waals surface area contributed by atoms with Crippen molar-refractivity contribution in [3.8, 4) is 10.6 Å². The van der Waals surface area contributed by atoms with Gasteiger partial charge in [-0.1, -0.05) is 6.07 Å². The molecule has 11 heteroatoms. The summed E-state index contributed by atoms with van der Waals surface area (Å²) in [4.78, 5) is 37.3. The molecule has 7 rings (SSSR count). The first kappa shape index (κ1) is 25.3. The maximum Gasteiger partial charge on any atom is 0.320 e. The monoisotopic (exact) mass is 558 g/mol. The molecule has 3 aliphatic heterocycles. The third kappa shape index (κ3) is 5.00. The van der Waals surface area contributed by atoms with Crippen LogP contribution in [-0.2, 0) is 17.7 Å². The Labute approximate surface area is 237 Å². The molecule has 0 saturated carbocycles. The van der Waals surface area contributed by atoms with E-state index in [9.17, 15) is 4.79 Å². The molecule has 2 saturated heterocycles. The van der Waals surface area contributed by atoms with Crippen molar-refractivity contribution in [2.45, 2.75) is 13.0 Å². The maximum absolute atomic E-state index is 13.1. The van der Waals surface area contributed by atoms with Crippen molar-refractivity contribution in [1.29, 1.82) is 0 Å². The summed E-state index contributed by atoms with van der Waals surface area (Å²) in [7, 11) is 2.17. The number of likely N-dealkylation sites (N-methyl/N-ethyl adjacent to an activating group) is 1. The number of urea groups is 1. The van der Waals surface area contributed by atoms with Crippen LogP contribution in [0, 0.1) is 0 Å². The SMILES string of the molecule is CN1CCN(c2cccc(Nc3nc(-c4cc5c(s4)CCN(C(=O)N4CCOCC4)C5)c4cc[nH]c4n3)c2)CC1. The van der Waals surface area contributed by atoms with Gasteiger partial charge in [-0.25, -0.2) is 9.78 Å². The van der Waals surface area contributed by atoms with E-state index in [1.54, 1.807) is 11.3 Å². The first-order valence-corrected chi connectivity index (χ1v) is 14.8. The minimum absolute atomic E-state index is 0.113. The Morgan fingerprint density at radius 2 is 1.85 bits per heavy atom. The summed E-state index contributed by atoms with van der Waals surface area (Å²) >= 11 is 1.78. The Kier molecular flexibility index (Phi) is 6.78. The molecule has 3 aliphatic rings. The summed E-state index contributed by atoms with van der Waals surface area (Å²) in [5.74, 6) is 0.566. The fourth-order valence-electron chi connectivity index (χ4n) is 5.73. The number of anilines is 3. The number of nitrogens with one attached hydrogen (secondary N) is 2. The van der Waals surface area contributed by atoms with Crippen molar-refractivity contribution in [2.75, 3.05) is 76.3 Å². The van der Waals surface area contributed by atoms with Crippen molar-refractivity contribution in [3.63, 3.8) is 0 Å². The zero-order valence-electron chi connectivity index (χ0n) is 22.7. The lowest BCUT2D eigenvalue weighted by Gasteiger charge is -2.34. The van der Waals surface area contributed by atoms with Gasteiger partial charge in [0.15, 0.2) is 0 Å². The summed E-state index contributed by atoms with van der Waals surface area (Å²) in [6.45, 7) is 8.11. The Morgan fingerprint density at radius 1 is 1.00 bits per heavy atom. The number of morpholine rings is 1. The molecule has 0 unspecified atom stereocenters. The molecule has 0 spiro atoms. The summed E-state index contributed by atoms with van der Waals surface area (Å²) in [5.41, 5.74) is 5.11. The molecule has 1 aromatic carbocycles. The summed E-state index contributed by atoms with van der Waals surface area (Å²) in [5, 5.41) is 4.46. The topological polar surface area (TPSA) is 92.9 Å². The van der Waals surface area contributed by atoms with Crippen molar-refractivity contribution >= 4 is 45.7 Å². The lowest BCUT2D eigenvalue weighted by Crippen LogP contribution is -2.49. The number of hydrogen-bond donors (Lipinski definition) is 2. The van der Waals surface area contributed by atoms with Crippen molar-refractivity contribution in [2.24, 2.45) is 0 Å². The van der Waals surface area contributed by atoms with Gasteiger partial charge in [0.05, 0.1) is 23.8 Å². The quantitative estimate of drug-likeness (QED) is 0.391. The van der Waals surface area contributed by atoms with E-state index in [0.29, 0.717) is 38.8 Å². The van der Waals surface area contributed by atoms with Crippen LogP contribution in [0.5, 0.6) is 0 Å². The van der Waals surface area contributed by atoms with Crippen LogP contribution >= 0.6 is 11.3 Å². The van der Waals surface area contributed by atoms with Crippen LogP contribution in [0.2, 0.25) is 0 Å². The second-order valence-corrected chi connectivity index (χ2v) is 11.9. The Morgan fingerprint density at radius 3 is 2.70 bits per heavy atom. The number of fused-ring (bicyclic) bond motifs is 2. The van der Waals surface area contributed by atoms with Gasteiger partial charge in [-0.2, -0.15) is 4.98 Å². The Balaban J connectivity index is 1.13. The van der Waals surface area contributed by atoms with Gasteiger partial charge < -0.3 is 34.6 Å². The first-order chi connectivity index (χ1) is 19.6. The van der Waals surface area contributed by atoms with Crippen molar-refractivity contribution < 1.29 is 9.53 Å². The van der Waals surface area contributed by atoms with E-state index in [4.69, 9.17) is 14.7 Å². The van der Waals surface area contributed by atoms with Gasteiger partial charge in [-0.3, -0.25) is 0 Å². The summed E-state index contributed by atoms with van der Waals surface area (Å²) in [6.07, 6.45) is 2.78. The summed E-state index contributed by atoms with van der Waals surface area (Å²) < 4.78 is 5.42. The second-order valence-electron chi connectivity index (χ2n) is 10.7. The Hall–Kier alpha value is -3.67. The van der Waals surface area contributed by atoms with Crippen LogP contribution in [0.25, 0.3) is 21.6 Å². The van der Waals surface area contributed by atoms with Crippen LogP contribution < -0.4 is 10.2 Å². The minimum Gasteiger partial charge on any atom is -0.378 e. The molecule has 40 heavy (non-hydrogen) atoms. The molecule has 2 fully saturated rings. The number of nitrogens with zero attached hydrogens (tertiary/aromatic N) is 6. The van der Waals surface area contributed by atoms with Crippen molar-refractivity contribution in [3.05, 3.63) is 53.0 Å². The number of H-pyrrole nitrogens is 1. The number of benzene rings is 1. The third-order valence-corrected chi connectivity index (χ3v) is 9.28. The van der Waals surface area contributed by atoms with E-state index in [0.717, 1.165) is 66.4 Å². The van der Waals surface area contributed by atoms with Crippen LogP contribution in [-0.4, -0.2) is 102 Å². The molecule has 0 radical (unpaired) electrons.